The minimum Gasteiger partial charge on any atom is -0.385 e. The largest absolute Gasteiger partial charge is 0.385 e. The molecule has 2 nitrogen and oxygen atoms in total. The Morgan fingerprint density at radius 1 is 1.46 bits per heavy atom. The fraction of sp³-hybridized carbons (Fsp3) is 1.00. The van der Waals surface area contributed by atoms with E-state index in [0.29, 0.717) is 0 Å². The lowest BCUT2D eigenvalue weighted by Crippen LogP contribution is -2.39. The van der Waals surface area contributed by atoms with Gasteiger partial charge in [-0.2, -0.15) is 0 Å². The highest BCUT2D eigenvalue weighted by molar-refractivity contribution is 4.82. The summed E-state index contributed by atoms with van der Waals surface area (Å²) in [6.07, 6.45) is 6.79. The van der Waals surface area contributed by atoms with Gasteiger partial charge in [0.1, 0.15) is 0 Å². The Morgan fingerprint density at radius 3 is 2.69 bits per heavy atom. The maximum atomic E-state index is 5.07. The summed E-state index contributed by atoms with van der Waals surface area (Å²) in [7, 11) is 1.78. The molecular formula is C11H23NO. The minimum atomic E-state index is 0.758. The monoisotopic (exact) mass is 185 g/mol. The van der Waals surface area contributed by atoms with Crippen LogP contribution in [-0.4, -0.2) is 26.3 Å². The Morgan fingerprint density at radius 2 is 2.23 bits per heavy atom. The van der Waals surface area contributed by atoms with Crippen molar-refractivity contribution in [1.29, 1.82) is 0 Å². The average molecular weight is 185 g/mol. The van der Waals surface area contributed by atoms with Gasteiger partial charge in [-0.25, -0.2) is 0 Å². The van der Waals surface area contributed by atoms with Crippen LogP contribution in [0.25, 0.3) is 0 Å². The molecule has 2 heteroatoms. The van der Waals surface area contributed by atoms with E-state index in [4.69, 9.17) is 4.74 Å². The maximum Gasteiger partial charge on any atom is 0.0462 e. The van der Waals surface area contributed by atoms with Gasteiger partial charge < -0.3 is 10.1 Å². The van der Waals surface area contributed by atoms with Crippen LogP contribution in [0.2, 0.25) is 0 Å². The van der Waals surface area contributed by atoms with Gasteiger partial charge in [-0.3, -0.25) is 0 Å². The lowest BCUT2D eigenvalue weighted by molar-refractivity contribution is 0.169. The smallest absolute Gasteiger partial charge is 0.0462 e. The van der Waals surface area contributed by atoms with Crippen molar-refractivity contribution in [3.8, 4) is 0 Å². The summed E-state index contributed by atoms with van der Waals surface area (Å²) >= 11 is 0. The van der Waals surface area contributed by atoms with E-state index >= 15 is 0 Å². The SMILES string of the molecule is CCNC(CCCOC)C1CCC1. The van der Waals surface area contributed by atoms with Crippen molar-refractivity contribution < 1.29 is 4.74 Å². The van der Waals surface area contributed by atoms with Gasteiger partial charge in [0, 0.05) is 19.8 Å². The number of rotatable bonds is 7. The van der Waals surface area contributed by atoms with E-state index in [1.807, 2.05) is 0 Å². The standard InChI is InChI=1S/C11H23NO/c1-3-12-11(8-5-9-13-2)10-6-4-7-10/h10-12H,3-9H2,1-2H3. The number of hydrogen-bond acceptors (Lipinski definition) is 2. The second-order valence-corrected chi connectivity index (χ2v) is 3.99. The van der Waals surface area contributed by atoms with E-state index in [1.54, 1.807) is 7.11 Å². The molecule has 1 unspecified atom stereocenters. The summed E-state index contributed by atoms with van der Waals surface area (Å²) in [5, 5.41) is 3.59. The molecule has 1 N–H and O–H groups in total. The van der Waals surface area contributed by atoms with Crippen LogP contribution in [0.1, 0.15) is 39.0 Å². The molecule has 0 heterocycles. The van der Waals surface area contributed by atoms with Crippen molar-refractivity contribution in [2.24, 2.45) is 5.92 Å². The molecule has 0 aromatic carbocycles. The summed E-state index contributed by atoms with van der Waals surface area (Å²) in [4.78, 5) is 0. The Balaban J connectivity index is 2.12. The first kappa shape index (κ1) is 11.0. The second kappa shape index (κ2) is 6.39. The molecule has 0 aromatic heterocycles. The summed E-state index contributed by atoms with van der Waals surface area (Å²) in [6.45, 7) is 4.21. The lowest BCUT2D eigenvalue weighted by atomic mass is 9.78. The molecule has 0 radical (unpaired) electrons. The van der Waals surface area contributed by atoms with Gasteiger partial charge >= 0.3 is 0 Å². The molecule has 1 rings (SSSR count). The van der Waals surface area contributed by atoms with Crippen LogP contribution in [0.5, 0.6) is 0 Å². The predicted octanol–water partition coefficient (Wildman–Crippen LogP) is 2.19. The minimum absolute atomic E-state index is 0.758. The molecule has 78 valence electrons. The van der Waals surface area contributed by atoms with Crippen molar-refractivity contribution in [3.63, 3.8) is 0 Å². The highest BCUT2D eigenvalue weighted by Gasteiger charge is 2.25. The van der Waals surface area contributed by atoms with Crippen molar-refractivity contribution in [1.82, 2.24) is 5.32 Å². The van der Waals surface area contributed by atoms with E-state index in [2.05, 4.69) is 12.2 Å². The van der Waals surface area contributed by atoms with Crippen LogP contribution in [0, 0.1) is 5.92 Å². The molecule has 1 atom stereocenters. The molecule has 0 bridgehead atoms. The van der Waals surface area contributed by atoms with Gasteiger partial charge in [0.05, 0.1) is 0 Å². The fourth-order valence-electron chi connectivity index (χ4n) is 2.06. The van der Waals surface area contributed by atoms with E-state index in [9.17, 15) is 0 Å². The molecule has 13 heavy (non-hydrogen) atoms. The van der Waals surface area contributed by atoms with Crippen molar-refractivity contribution in [2.75, 3.05) is 20.3 Å². The molecule has 1 fully saturated rings. The van der Waals surface area contributed by atoms with E-state index < -0.39 is 0 Å². The first-order chi connectivity index (χ1) is 6.38. The normalized spacial score (nSPS) is 19.8. The van der Waals surface area contributed by atoms with E-state index in [1.165, 1.54) is 32.1 Å². The van der Waals surface area contributed by atoms with Gasteiger partial charge in [-0.1, -0.05) is 13.3 Å². The van der Waals surface area contributed by atoms with Gasteiger partial charge in [-0.05, 0) is 38.1 Å². The van der Waals surface area contributed by atoms with Gasteiger partial charge in [0.25, 0.3) is 0 Å². The number of hydrogen-bond donors (Lipinski definition) is 1. The third-order valence-electron chi connectivity index (χ3n) is 3.05. The van der Waals surface area contributed by atoms with Crippen LogP contribution >= 0.6 is 0 Å². The molecule has 0 aliphatic heterocycles. The highest BCUT2D eigenvalue weighted by Crippen LogP contribution is 2.31. The quantitative estimate of drug-likeness (QED) is 0.614. The summed E-state index contributed by atoms with van der Waals surface area (Å²) in [5.74, 6) is 0.955. The molecule has 0 saturated heterocycles. The van der Waals surface area contributed by atoms with Crippen LogP contribution in [0.3, 0.4) is 0 Å². The number of nitrogens with one attached hydrogen (secondary N) is 1. The summed E-state index contributed by atoms with van der Waals surface area (Å²) in [5.41, 5.74) is 0. The van der Waals surface area contributed by atoms with Crippen LogP contribution in [0.4, 0.5) is 0 Å². The Labute approximate surface area is 82.0 Å². The fourth-order valence-corrected chi connectivity index (χ4v) is 2.06. The number of methoxy groups -OCH3 is 1. The lowest BCUT2D eigenvalue weighted by Gasteiger charge is -2.34. The van der Waals surface area contributed by atoms with Gasteiger partial charge in [0.15, 0.2) is 0 Å². The molecule has 1 aliphatic carbocycles. The third-order valence-corrected chi connectivity index (χ3v) is 3.05. The van der Waals surface area contributed by atoms with E-state index in [-0.39, 0.29) is 0 Å². The third kappa shape index (κ3) is 3.65. The molecular weight excluding hydrogens is 162 g/mol. The second-order valence-electron chi connectivity index (χ2n) is 3.99. The molecule has 0 aromatic rings. The molecule has 0 amide bonds. The Bertz CT molecular complexity index is 123. The number of ether oxygens (including phenoxy) is 1. The topological polar surface area (TPSA) is 21.3 Å². The molecule has 0 spiro atoms. The Kier molecular flexibility index (Phi) is 5.40. The Hall–Kier alpha value is -0.0800. The van der Waals surface area contributed by atoms with Gasteiger partial charge in [0.2, 0.25) is 0 Å². The highest BCUT2D eigenvalue weighted by atomic mass is 16.5. The van der Waals surface area contributed by atoms with Crippen LogP contribution in [0.15, 0.2) is 0 Å². The molecule has 1 saturated carbocycles. The zero-order valence-corrected chi connectivity index (χ0v) is 9.01. The zero-order valence-electron chi connectivity index (χ0n) is 9.01. The first-order valence-corrected chi connectivity index (χ1v) is 5.60. The summed E-state index contributed by atoms with van der Waals surface area (Å²) < 4.78 is 5.07. The first-order valence-electron chi connectivity index (χ1n) is 5.60. The van der Waals surface area contributed by atoms with Gasteiger partial charge in [-0.15, -0.1) is 0 Å². The average Bonchev–Trinajstić information content (AvgIpc) is 2.02. The zero-order chi connectivity index (χ0) is 9.52. The predicted molar refractivity (Wildman–Crippen MR) is 55.9 cm³/mol. The van der Waals surface area contributed by atoms with Crippen LogP contribution in [-0.2, 0) is 4.74 Å². The van der Waals surface area contributed by atoms with Crippen molar-refractivity contribution in [2.45, 2.75) is 45.1 Å². The van der Waals surface area contributed by atoms with Crippen molar-refractivity contribution >= 4 is 0 Å². The maximum absolute atomic E-state index is 5.07. The van der Waals surface area contributed by atoms with Crippen LogP contribution < -0.4 is 5.32 Å². The van der Waals surface area contributed by atoms with E-state index in [0.717, 1.165) is 25.1 Å². The van der Waals surface area contributed by atoms with Crippen molar-refractivity contribution in [3.05, 3.63) is 0 Å². The summed E-state index contributed by atoms with van der Waals surface area (Å²) in [6, 6.07) is 0.758. The molecule has 1 aliphatic rings.